The SMILES string of the molecule is COC(=O)c1n[nH]c2ccc(I)c(-c3cccc(Br)c3)c12. The van der Waals surface area contributed by atoms with E-state index in [9.17, 15) is 4.79 Å². The molecule has 3 rings (SSSR count). The minimum atomic E-state index is -0.445. The van der Waals surface area contributed by atoms with E-state index in [-0.39, 0.29) is 0 Å². The monoisotopic (exact) mass is 456 g/mol. The number of benzene rings is 2. The number of esters is 1. The van der Waals surface area contributed by atoms with Crippen LogP contribution in [0.15, 0.2) is 40.9 Å². The van der Waals surface area contributed by atoms with Crippen molar-refractivity contribution in [1.29, 1.82) is 0 Å². The van der Waals surface area contributed by atoms with Gasteiger partial charge >= 0.3 is 5.97 Å². The van der Waals surface area contributed by atoms with Crippen LogP contribution in [0.1, 0.15) is 10.5 Å². The summed E-state index contributed by atoms with van der Waals surface area (Å²) in [5.41, 5.74) is 3.11. The van der Waals surface area contributed by atoms with Gasteiger partial charge in [-0.15, -0.1) is 0 Å². The zero-order valence-corrected chi connectivity index (χ0v) is 14.7. The van der Waals surface area contributed by atoms with Gasteiger partial charge in [-0.1, -0.05) is 28.1 Å². The van der Waals surface area contributed by atoms with Gasteiger partial charge in [-0.3, -0.25) is 5.10 Å². The molecule has 0 radical (unpaired) electrons. The molecule has 2 aromatic carbocycles. The second kappa shape index (κ2) is 5.76. The average Bonchev–Trinajstić information content (AvgIpc) is 2.90. The molecule has 0 saturated carbocycles. The maximum absolute atomic E-state index is 11.9. The van der Waals surface area contributed by atoms with Gasteiger partial charge in [-0.05, 0) is 52.4 Å². The molecule has 0 aliphatic heterocycles. The highest BCUT2D eigenvalue weighted by Crippen LogP contribution is 2.35. The number of H-pyrrole nitrogens is 1. The first-order valence-corrected chi connectivity index (χ1v) is 8.00. The van der Waals surface area contributed by atoms with Crippen LogP contribution in [-0.4, -0.2) is 23.3 Å². The molecule has 0 bridgehead atoms. The van der Waals surface area contributed by atoms with Crippen molar-refractivity contribution >= 4 is 55.4 Å². The van der Waals surface area contributed by atoms with E-state index in [0.29, 0.717) is 5.69 Å². The Morgan fingerprint density at radius 3 is 2.86 bits per heavy atom. The number of carbonyl (C=O) groups excluding carboxylic acids is 1. The number of carbonyl (C=O) groups is 1. The smallest absolute Gasteiger partial charge is 0.359 e. The first-order chi connectivity index (χ1) is 10.1. The number of hydrogen-bond acceptors (Lipinski definition) is 3. The number of rotatable bonds is 2. The predicted molar refractivity (Wildman–Crippen MR) is 93.3 cm³/mol. The molecular weight excluding hydrogens is 447 g/mol. The largest absolute Gasteiger partial charge is 0.464 e. The summed E-state index contributed by atoms with van der Waals surface area (Å²) in [6.07, 6.45) is 0. The molecule has 0 unspecified atom stereocenters. The first kappa shape index (κ1) is 14.5. The van der Waals surface area contributed by atoms with Crippen LogP contribution in [0.2, 0.25) is 0 Å². The summed E-state index contributed by atoms with van der Waals surface area (Å²) < 4.78 is 6.85. The fourth-order valence-corrected chi connectivity index (χ4v) is 3.42. The van der Waals surface area contributed by atoms with Crippen molar-refractivity contribution in [3.63, 3.8) is 0 Å². The number of halogens is 2. The number of aromatic amines is 1. The summed E-state index contributed by atoms with van der Waals surface area (Å²) in [6.45, 7) is 0. The van der Waals surface area contributed by atoms with Gasteiger partial charge < -0.3 is 4.74 Å². The molecule has 4 nitrogen and oxygen atoms in total. The summed E-state index contributed by atoms with van der Waals surface area (Å²) in [7, 11) is 1.36. The summed E-state index contributed by atoms with van der Waals surface area (Å²) >= 11 is 5.75. The van der Waals surface area contributed by atoms with Crippen molar-refractivity contribution < 1.29 is 9.53 Å². The highest BCUT2D eigenvalue weighted by molar-refractivity contribution is 14.1. The lowest BCUT2D eigenvalue weighted by Crippen LogP contribution is -2.03. The summed E-state index contributed by atoms with van der Waals surface area (Å²) in [5, 5.41) is 7.77. The van der Waals surface area contributed by atoms with Crippen LogP contribution in [0, 0.1) is 3.57 Å². The second-order valence-electron chi connectivity index (χ2n) is 4.42. The van der Waals surface area contributed by atoms with Crippen LogP contribution >= 0.6 is 38.5 Å². The van der Waals surface area contributed by atoms with Crippen LogP contribution in [0.25, 0.3) is 22.0 Å². The standard InChI is InChI=1S/C15H10BrIN2O2/c1-21-15(20)14-13-11(18-19-14)6-5-10(17)12(13)8-3-2-4-9(16)7-8/h2-7H,1H3,(H,18,19). The molecule has 0 fully saturated rings. The number of hydrogen-bond donors (Lipinski definition) is 1. The van der Waals surface area contributed by atoms with E-state index in [1.54, 1.807) is 0 Å². The first-order valence-electron chi connectivity index (χ1n) is 6.12. The number of fused-ring (bicyclic) bond motifs is 1. The molecule has 0 amide bonds. The molecular formula is C15H10BrIN2O2. The fraction of sp³-hybridized carbons (Fsp3) is 0.0667. The van der Waals surface area contributed by atoms with Crippen molar-refractivity contribution in [3.05, 3.63) is 50.1 Å². The van der Waals surface area contributed by atoms with E-state index in [1.165, 1.54) is 7.11 Å². The highest BCUT2D eigenvalue weighted by Gasteiger charge is 2.20. The van der Waals surface area contributed by atoms with Gasteiger partial charge in [0.15, 0.2) is 5.69 Å². The maximum Gasteiger partial charge on any atom is 0.359 e. The summed E-state index contributed by atoms with van der Waals surface area (Å²) in [6, 6.07) is 11.9. The number of nitrogens with one attached hydrogen (secondary N) is 1. The Labute approximate surface area is 143 Å². The molecule has 21 heavy (non-hydrogen) atoms. The zero-order chi connectivity index (χ0) is 15.0. The second-order valence-corrected chi connectivity index (χ2v) is 6.50. The fourth-order valence-electron chi connectivity index (χ4n) is 2.26. The number of methoxy groups -OCH3 is 1. The van der Waals surface area contributed by atoms with Crippen molar-refractivity contribution in [2.45, 2.75) is 0 Å². The van der Waals surface area contributed by atoms with Gasteiger partial charge in [0.1, 0.15) is 0 Å². The van der Waals surface area contributed by atoms with E-state index in [2.05, 4.69) is 48.7 Å². The minimum absolute atomic E-state index is 0.306. The van der Waals surface area contributed by atoms with Gasteiger partial charge in [0, 0.05) is 19.0 Å². The van der Waals surface area contributed by atoms with Crippen molar-refractivity contribution in [3.8, 4) is 11.1 Å². The molecule has 1 N–H and O–H groups in total. The zero-order valence-electron chi connectivity index (χ0n) is 11.0. The Balaban J connectivity index is 2.37. The third-order valence-electron chi connectivity index (χ3n) is 3.17. The lowest BCUT2D eigenvalue weighted by atomic mass is 10.00. The van der Waals surface area contributed by atoms with Crippen LogP contribution in [0.4, 0.5) is 0 Å². The molecule has 0 aliphatic carbocycles. The van der Waals surface area contributed by atoms with Crippen LogP contribution in [0.3, 0.4) is 0 Å². The maximum atomic E-state index is 11.9. The number of nitrogens with zero attached hydrogens (tertiary/aromatic N) is 1. The highest BCUT2D eigenvalue weighted by atomic mass is 127. The van der Waals surface area contributed by atoms with Crippen molar-refractivity contribution in [2.24, 2.45) is 0 Å². The van der Waals surface area contributed by atoms with Crippen molar-refractivity contribution in [2.75, 3.05) is 7.11 Å². The lowest BCUT2D eigenvalue weighted by Gasteiger charge is -2.08. The van der Waals surface area contributed by atoms with E-state index in [0.717, 1.165) is 30.1 Å². The summed E-state index contributed by atoms with van der Waals surface area (Å²) in [4.78, 5) is 11.9. The lowest BCUT2D eigenvalue weighted by molar-refractivity contribution is 0.0596. The topological polar surface area (TPSA) is 55.0 Å². The molecule has 1 aromatic heterocycles. The molecule has 1 heterocycles. The van der Waals surface area contributed by atoms with E-state index >= 15 is 0 Å². The molecule has 106 valence electrons. The van der Waals surface area contributed by atoms with Gasteiger partial charge in [0.05, 0.1) is 12.6 Å². The molecule has 0 aliphatic rings. The normalized spacial score (nSPS) is 10.8. The van der Waals surface area contributed by atoms with Crippen LogP contribution in [-0.2, 0) is 4.74 Å². The van der Waals surface area contributed by atoms with Gasteiger partial charge in [0.25, 0.3) is 0 Å². The molecule has 0 saturated heterocycles. The van der Waals surface area contributed by atoms with Gasteiger partial charge in [-0.25, -0.2) is 4.79 Å². The third-order valence-corrected chi connectivity index (χ3v) is 4.56. The van der Waals surface area contributed by atoms with Gasteiger partial charge in [0.2, 0.25) is 0 Å². The Hall–Kier alpha value is -1.41. The quantitative estimate of drug-likeness (QED) is 0.459. The van der Waals surface area contributed by atoms with E-state index in [4.69, 9.17) is 4.74 Å². The van der Waals surface area contributed by atoms with Crippen molar-refractivity contribution in [1.82, 2.24) is 10.2 Å². The Kier molecular flexibility index (Phi) is 3.99. The predicted octanol–water partition coefficient (Wildman–Crippen LogP) is 4.38. The third kappa shape index (κ3) is 2.57. The number of aromatic nitrogens is 2. The van der Waals surface area contributed by atoms with Crippen LogP contribution < -0.4 is 0 Å². The van der Waals surface area contributed by atoms with Crippen LogP contribution in [0.5, 0.6) is 0 Å². The van der Waals surface area contributed by atoms with Gasteiger partial charge in [-0.2, -0.15) is 5.10 Å². The van der Waals surface area contributed by atoms with E-state index in [1.807, 2.05) is 36.4 Å². The average molecular weight is 457 g/mol. The molecule has 0 spiro atoms. The Morgan fingerprint density at radius 2 is 2.14 bits per heavy atom. The minimum Gasteiger partial charge on any atom is -0.464 e. The van der Waals surface area contributed by atoms with E-state index < -0.39 is 5.97 Å². The molecule has 6 heteroatoms. The number of ether oxygens (including phenoxy) is 1. The molecule has 3 aromatic rings. The Morgan fingerprint density at radius 1 is 1.33 bits per heavy atom. The Bertz CT molecular complexity index is 845. The molecule has 0 atom stereocenters. The summed E-state index contributed by atoms with van der Waals surface area (Å²) in [5.74, 6) is -0.445.